The van der Waals surface area contributed by atoms with Crippen LogP contribution >= 0.6 is 0 Å². The topological polar surface area (TPSA) is 95.6 Å². The van der Waals surface area contributed by atoms with Crippen LogP contribution in [0.5, 0.6) is 0 Å². The van der Waals surface area contributed by atoms with E-state index in [1.807, 2.05) is 0 Å². The lowest BCUT2D eigenvalue weighted by atomic mass is 10.0. The van der Waals surface area contributed by atoms with Crippen molar-refractivity contribution < 1.29 is 22.4 Å². The Morgan fingerprint density at radius 2 is 1.65 bits per heavy atom. The van der Waals surface area contributed by atoms with Gasteiger partial charge in [0.2, 0.25) is 15.9 Å². The largest absolute Gasteiger partial charge is 0.349 e. The molecule has 0 aliphatic carbocycles. The van der Waals surface area contributed by atoms with Gasteiger partial charge in [-0.2, -0.15) is 0 Å². The number of likely N-dealkylation sites (tertiary alicyclic amines) is 1. The van der Waals surface area contributed by atoms with Gasteiger partial charge < -0.3 is 10.2 Å². The number of nitrogens with zero attached hydrogens (tertiary/aromatic N) is 1. The molecule has 2 aromatic carbocycles. The summed E-state index contributed by atoms with van der Waals surface area (Å²) in [6.45, 7) is 1.02. The molecule has 1 saturated heterocycles. The zero-order valence-electron chi connectivity index (χ0n) is 17.0. The standard InChI is InChI=1S/C22H24FN3O4S/c1-24-31(29,30)20-9-2-16(3-10-20)4-11-21(27)26-14-12-19(13-15-26)25-22(28)17-5-7-18(23)8-6-17/h2-11,19,24H,12-15H2,1H3,(H,25,28)/b11-4+. The van der Waals surface area contributed by atoms with Gasteiger partial charge in [-0.05, 0) is 67.9 Å². The summed E-state index contributed by atoms with van der Waals surface area (Å²) < 4.78 is 38.7. The summed E-state index contributed by atoms with van der Waals surface area (Å²) in [6, 6.07) is 11.5. The maximum absolute atomic E-state index is 13.0. The Morgan fingerprint density at radius 3 is 2.23 bits per heavy atom. The van der Waals surface area contributed by atoms with Crippen molar-refractivity contribution in [3.05, 3.63) is 71.6 Å². The highest BCUT2D eigenvalue weighted by Gasteiger charge is 2.23. The number of rotatable bonds is 6. The van der Waals surface area contributed by atoms with E-state index < -0.39 is 15.8 Å². The molecule has 1 aliphatic rings. The first-order valence-electron chi connectivity index (χ1n) is 9.85. The van der Waals surface area contributed by atoms with Gasteiger partial charge in [0, 0.05) is 30.8 Å². The molecule has 2 amide bonds. The van der Waals surface area contributed by atoms with Crippen LogP contribution in [0.2, 0.25) is 0 Å². The highest BCUT2D eigenvalue weighted by atomic mass is 32.2. The van der Waals surface area contributed by atoms with E-state index in [9.17, 15) is 22.4 Å². The number of carbonyl (C=O) groups is 2. The molecule has 164 valence electrons. The number of carbonyl (C=O) groups excluding carboxylic acids is 2. The fourth-order valence-electron chi connectivity index (χ4n) is 3.26. The number of hydrogen-bond acceptors (Lipinski definition) is 4. The number of amides is 2. The number of piperidine rings is 1. The van der Waals surface area contributed by atoms with Crippen LogP contribution in [0.1, 0.15) is 28.8 Å². The third-order valence-electron chi connectivity index (χ3n) is 5.13. The molecule has 0 unspecified atom stereocenters. The van der Waals surface area contributed by atoms with Crippen molar-refractivity contribution in [3.63, 3.8) is 0 Å². The average molecular weight is 446 g/mol. The molecule has 0 atom stereocenters. The third kappa shape index (κ3) is 5.99. The van der Waals surface area contributed by atoms with Gasteiger partial charge in [0.15, 0.2) is 0 Å². The molecule has 0 bridgehead atoms. The zero-order chi connectivity index (χ0) is 22.4. The molecule has 7 nitrogen and oxygen atoms in total. The van der Waals surface area contributed by atoms with E-state index in [-0.39, 0.29) is 22.8 Å². The number of halogens is 1. The van der Waals surface area contributed by atoms with Crippen molar-refractivity contribution >= 4 is 27.9 Å². The third-order valence-corrected chi connectivity index (χ3v) is 6.56. The van der Waals surface area contributed by atoms with Crippen molar-refractivity contribution in [1.29, 1.82) is 0 Å². The Labute approximate surface area is 181 Å². The predicted octanol–water partition coefficient (Wildman–Crippen LogP) is 2.17. The van der Waals surface area contributed by atoms with Crippen LogP contribution in [-0.4, -0.2) is 51.3 Å². The molecule has 1 aliphatic heterocycles. The molecule has 0 radical (unpaired) electrons. The maximum atomic E-state index is 13.0. The molecular formula is C22H24FN3O4S. The molecule has 9 heteroatoms. The van der Waals surface area contributed by atoms with Crippen molar-refractivity contribution in [3.8, 4) is 0 Å². The fraction of sp³-hybridized carbons (Fsp3) is 0.273. The lowest BCUT2D eigenvalue weighted by Crippen LogP contribution is -2.46. The lowest BCUT2D eigenvalue weighted by molar-refractivity contribution is -0.127. The van der Waals surface area contributed by atoms with Crippen molar-refractivity contribution in [2.75, 3.05) is 20.1 Å². The van der Waals surface area contributed by atoms with Crippen LogP contribution in [0, 0.1) is 5.82 Å². The fourth-order valence-corrected chi connectivity index (χ4v) is 3.99. The van der Waals surface area contributed by atoms with Crippen molar-refractivity contribution in [2.45, 2.75) is 23.8 Å². The van der Waals surface area contributed by atoms with Crippen molar-refractivity contribution in [2.24, 2.45) is 0 Å². The summed E-state index contributed by atoms with van der Waals surface area (Å²) in [5.41, 5.74) is 1.11. The second kappa shape index (κ2) is 9.84. The molecule has 1 fully saturated rings. The van der Waals surface area contributed by atoms with E-state index >= 15 is 0 Å². The first-order valence-corrected chi connectivity index (χ1v) is 11.3. The molecule has 31 heavy (non-hydrogen) atoms. The smallest absolute Gasteiger partial charge is 0.251 e. The van der Waals surface area contributed by atoms with Crippen LogP contribution < -0.4 is 10.0 Å². The molecule has 0 aromatic heterocycles. The van der Waals surface area contributed by atoms with Gasteiger partial charge in [-0.1, -0.05) is 12.1 Å². The first kappa shape index (κ1) is 22.6. The first-order chi connectivity index (χ1) is 14.8. The van der Waals surface area contributed by atoms with Crippen LogP contribution in [0.4, 0.5) is 4.39 Å². The molecule has 0 saturated carbocycles. The lowest BCUT2D eigenvalue weighted by Gasteiger charge is -2.31. The number of hydrogen-bond donors (Lipinski definition) is 2. The summed E-state index contributed by atoms with van der Waals surface area (Å²) in [5, 5.41) is 2.92. The summed E-state index contributed by atoms with van der Waals surface area (Å²) in [7, 11) is -2.15. The van der Waals surface area contributed by atoms with Crippen LogP contribution in [0.3, 0.4) is 0 Å². The Bertz CT molecular complexity index is 1060. The minimum atomic E-state index is -3.49. The van der Waals surface area contributed by atoms with Gasteiger partial charge in [0.05, 0.1) is 4.90 Å². The summed E-state index contributed by atoms with van der Waals surface area (Å²) in [4.78, 5) is 26.5. The molecule has 0 spiro atoms. The van der Waals surface area contributed by atoms with E-state index in [1.165, 1.54) is 49.5 Å². The van der Waals surface area contributed by atoms with Crippen LogP contribution in [0.15, 0.2) is 59.5 Å². The zero-order valence-corrected chi connectivity index (χ0v) is 17.9. The highest BCUT2D eigenvalue weighted by molar-refractivity contribution is 7.89. The number of nitrogens with one attached hydrogen (secondary N) is 2. The molecule has 2 N–H and O–H groups in total. The van der Waals surface area contributed by atoms with Gasteiger partial charge in [-0.15, -0.1) is 0 Å². The minimum absolute atomic E-state index is 0.0488. The van der Waals surface area contributed by atoms with E-state index in [4.69, 9.17) is 0 Å². The summed E-state index contributed by atoms with van der Waals surface area (Å²) in [5.74, 6) is -0.793. The van der Waals surface area contributed by atoms with Crippen LogP contribution in [-0.2, 0) is 14.8 Å². The Morgan fingerprint density at radius 1 is 1.03 bits per heavy atom. The normalized spacial score (nSPS) is 15.2. The average Bonchev–Trinajstić information content (AvgIpc) is 2.78. The summed E-state index contributed by atoms with van der Waals surface area (Å²) >= 11 is 0. The Kier molecular flexibility index (Phi) is 7.19. The van der Waals surface area contributed by atoms with E-state index in [0.29, 0.717) is 37.1 Å². The van der Waals surface area contributed by atoms with Gasteiger partial charge >= 0.3 is 0 Å². The van der Waals surface area contributed by atoms with Gasteiger partial charge in [0.25, 0.3) is 5.91 Å². The van der Waals surface area contributed by atoms with Crippen LogP contribution in [0.25, 0.3) is 6.08 Å². The predicted molar refractivity (Wildman–Crippen MR) is 115 cm³/mol. The van der Waals surface area contributed by atoms with Crippen molar-refractivity contribution in [1.82, 2.24) is 14.9 Å². The maximum Gasteiger partial charge on any atom is 0.251 e. The molecule has 2 aromatic rings. The second-order valence-electron chi connectivity index (χ2n) is 7.19. The SMILES string of the molecule is CNS(=O)(=O)c1ccc(/C=C/C(=O)N2CCC(NC(=O)c3ccc(F)cc3)CC2)cc1. The Hall–Kier alpha value is -3.04. The van der Waals surface area contributed by atoms with E-state index in [1.54, 1.807) is 23.1 Å². The monoisotopic (exact) mass is 445 g/mol. The van der Waals surface area contributed by atoms with E-state index in [0.717, 1.165) is 0 Å². The highest BCUT2D eigenvalue weighted by Crippen LogP contribution is 2.14. The quantitative estimate of drug-likeness (QED) is 0.666. The molecule has 1 heterocycles. The summed E-state index contributed by atoms with van der Waals surface area (Å²) in [6.07, 6.45) is 4.35. The van der Waals surface area contributed by atoms with Gasteiger partial charge in [-0.3, -0.25) is 9.59 Å². The minimum Gasteiger partial charge on any atom is -0.349 e. The molecular weight excluding hydrogens is 421 g/mol. The number of sulfonamides is 1. The molecule has 3 rings (SSSR count). The number of benzene rings is 2. The van der Waals surface area contributed by atoms with E-state index in [2.05, 4.69) is 10.0 Å². The second-order valence-corrected chi connectivity index (χ2v) is 9.08. The van der Waals surface area contributed by atoms with Gasteiger partial charge in [-0.25, -0.2) is 17.5 Å². The van der Waals surface area contributed by atoms with Gasteiger partial charge in [0.1, 0.15) is 5.82 Å². The Balaban J connectivity index is 1.49.